The van der Waals surface area contributed by atoms with Crippen molar-refractivity contribution >= 4 is 23.6 Å². The number of rotatable bonds is 2. The summed E-state index contributed by atoms with van der Waals surface area (Å²) in [6.45, 7) is 7.71. The monoisotopic (exact) mass is 349 g/mol. The molecule has 4 rings (SSSR count). The summed E-state index contributed by atoms with van der Waals surface area (Å²) in [4.78, 5) is 7.61. The van der Waals surface area contributed by atoms with Crippen molar-refractivity contribution in [3.8, 4) is 0 Å². The number of aromatic nitrogens is 2. The Kier molecular flexibility index (Phi) is 3.56. The van der Waals surface area contributed by atoms with E-state index in [1.54, 1.807) is 0 Å². The van der Waals surface area contributed by atoms with Crippen LogP contribution in [0.5, 0.6) is 0 Å². The van der Waals surface area contributed by atoms with Crippen molar-refractivity contribution < 1.29 is 18.1 Å². The molecule has 2 aromatic rings. The van der Waals surface area contributed by atoms with Crippen molar-refractivity contribution in [2.75, 3.05) is 6.54 Å². The van der Waals surface area contributed by atoms with Gasteiger partial charge >= 0.3 is 7.12 Å². The van der Waals surface area contributed by atoms with Crippen molar-refractivity contribution in [3.05, 3.63) is 24.0 Å². The summed E-state index contributed by atoms with van der Waals surface area (Å²) in [6, 6.07) is 5.23. The maximum Gasteiger partial charge on any atom is 0.494 e. The Bertz CT molecular complexity index is 805. The maximum absolute atomic E-state index is 13.4. The second kappa shape index (κ2) is 5.25. The molecule has 2 aliphatic rings. The van der Waals surface area contributed by atoms with E-state index in [0.717, 1.165) is 16.5 Å². The standard InChI is InChI=1S/C17H22BF2N3O2/c1-15(2)16(3,4)25-18(24-15)10-5-6-11-12(7-10)23-14(22-11)13-8-17(19,20)9-21-13/h5-7,13,21H,8-9H2,1-4H3,(H,22,23). The number of halogens is 2. The third kappa shape index (κ3) is 2.86. The molecule has 2 saturated heterocycles. The van der Waals surface area contributed by atoms with Gasteiger partial charge in [0.15, 0.2) is 0 Å². The Morgan fingerprint density at radius 2 is 1.84 bits per heavy atom. The Morgan fingerprint density at radius 1 is 1.16 bits per heavy atom. The zero-order chi connectivity index (χ0) is 18.0. The van der Waals surface area contributed by atoms with Crippen molar-refractivity contribution in [1.82, 2.24) is 15.3 Å². The van der Waals surface area contributed by atoms with E-state index < -0.39 is 30.3 Å². The Balaban J connectivity index is 1.61. The zero-order valence-electron chi connectivity index (χ0n) is 14.8. The van der Waals surface area contributed by atoms with Crippen LogP contribution in [0.1, 0.15) is 46.0 Å². The van der Waals surface area contributed by atoms with Crippen LogP contribution < -0.4 is 10.8 Å². The highest BCUT2D eigenvalue weighted by atomic mass is 19.3. The number of aromatic amines is 1. The topological polar surface area (TPSA) is 59.2 Å². The lowest BCUT2D eigenvalue weighted by molar-refractivity contribution is 0.00578. The van der Waals surface area contributed by atoms with Crippen LogP contribution in [0.4, 0.5) is 8.78 Å². The number of H-pyrrole nitrogens is 1. The molecule has 1 unspecified atom stereocenters. The molecule has 1 aromatic carbocycles. The zero-order valence-corrected chi connectivity index (χ0v) is 14.8. The van der Waals surface area contributed by atoms with Crippen LogP contribution in [-0.4, -0.2) is 40.8 Å². The number of imidazole rings is 1. The van der Waals surface area contributed by atoms with E-state index in [2.05, 4.69) is 15.3 Å². The Labute approximate surface area is 145 Å². The first-order valence-electron chi connectivity index (χ1n) is 8.53. The van der Waals surface area contributed by atoms with Crippen LogP contribution in [0.3, 0.4) is 0 Å². The average Bonchev–Trinajstić information content (AvgIpc) is 3.12. The number of nitrogens with one attached hydrogen (secondary N) is 2. The van der Waals surface area contributed by atoms with Crippen LogP contribution in [0.25, 0.3) is 11.0 Å². The molecule has 25 heavy (non-hydrogen) atoms. The quantitative estimate of drug-likeness (QED) is 0.818. The molecule has 2 aliphatic heterocycles. The van der Waals surface area contributed by atoms with E-state index in [9.17, 15) is 8.78 Å². The van der Waals surface area contributed by atoms with Crippen LogP contribution in [0, 0.1) is 0 Å². The molecule has 2 N–H and O–H groups in total. The van der Waals surface area contributed by atoms with Gasteiger partial charge in [-0.05, 0) is 45.3 Å². The van der Waals surface area contributed by atoms with Gasteiger partial charge in [-0.3, -0.25) is 0 Å². The van der Waals surface area contributed by atoms with E-state index in [1.807, 2.05) is 45.9 Å². The molecule has 134 valence electrons. The minimum absolute atomic E-state index is 0.239. The molecule has 0 aliphatic carbocycles. The second-order valence-corrected chi connectivity index (χ2v) is 7.98. The van der Waals surface area contributed by atoms with Crippen molar-refractivity contribution in [2.24, 2.45) is 0 Å². The molecule has 1 aromatic heterocycles. The number of benzene rings is 1. The number of alkyl halides is 2. The third-order valence-corrected chi connectivity index (χ3v) is 5.49. The molecule has 0 saturated carbocycles. The Hall–Kier alpha value is -1.51. The van der Waals surface area contributed by atoms with Crippen molar-refractivity contribution in [3.63, 3.8) is 0 Å². The number of hydrogen-bond donors (Lipinski definition) is 2. The molecular weight excluding hydrogens is 327 g/mol. The highest BCUT2D eigenvalue weighted by molar-refractivity contribution is 6.62. The van der Waals surface area contributed by atoms with Gasteiger partial charge < -0.3 is 19.6 Å². The molecule has 1 atom stereocenters. The van der Waals surface area contributed by atoms with E-state index in [0.29, 0.717) is 5.82 Å². The minimum atomic E-state index is -2.68. The fraction of sp³-hybridized carbons (Fsp3) is 0.588. The van der Waals surface area contributed by atoms with Crippen molar-refractivity contribution in [2.45, 2.75) is 57.3 Å². The van der Waals surface area contributed by atoms with Gasteiger partial charge in [0.1, 0.15) is 5.82 Å². The van der Waals surface area contributed by atoms with Crippen molar-refractivity contribution in [1.29, 1.82) is 0 Å². The molecule has 2 fully saturated rings. The summed E-state index contributed by atoms with van der Waals surface area (Å²) >= 11 is 0. The van der Waals surface area contributed by atoms with Gasteiger partial charge in [0.2, 0.25) is 0 Å². The third-order valence-electron chi connectivity index (χ3n) is 5.49. The number of fused-ring (bicyclic) bond motifs is 1. The van der Waals surface area contributed by atoms with Crippen LogP contribution in [0.2, 0.25) is 0 Å². The molecule has 0 spiro atoms. The van der Waals surface area contributed by atoms with Gasteiger partial charge in [-0.2, -0.15) is 0 Å². The van der Waals surface area contributed by atoms with Gasteiger partial charge in [0, 0.05) is 6.42 Å². The van der Waals surface area contributed by atoms with E-state index in [1.165, 1.54) is 0 Å². The fourth-order valence-electron chi connectivity index (χ4n) is 3.25. The molecular formula is C17H22BF2N3O2. The highest BCUT2D eigenvalue weighted by Crippen LogP contribution is 2.37. The van der Waals surface area contributed by atoms with Crippen LogP contribution in [0.15, 0.2) is 18.2 Å². The largest absolute Gasteiger partial charge is 0.494 e. The molecule has 0 bridgehead atoms. The molecule has 8 heteroatoms. The van der Waals surface area contributed by atoms with Gasteiger partial charge in [0.25, 0.3) is 5.92 Å². The van der Waals surface area contributed by atoms with Gasteiger partial charge in [0.05, 0.1) is 34.8 Å². The molecule has 0 amide bonds. The number of hydrogen-bond acceptors (Lipinski definition) is 4. The predicted octanol–water partition coefficient (Wildman–Crippen LogP) is 2.53. The lowest BCUT2D eigenvalue weighted by Crippen LogP contribution is -2.41. The first-order chi connectivity index (χ1) is 11.6. The van der Waals surface area contributed by atoms with Gasteiger partial charge in [-0.25, -0.2) is 13.8 Å². The molecule has 0 radical (unpaired) electrons. The maximum atomic E-state index is 13.4. The van der Waals surface area contributed by atoms with Gasteiger partial charge in [-0.1, -0.05) is 6.07 Å². The molecule has 3 heterocycles. The van der Waals surface area contributed by atoms with E-state index in [-0.39, 0.29) is 13.0 Å². The first kappa shape index (κ1) is 16.9. The lowest BCUT2D eigenvalue weighted by Gasteiger charge is -2.32. The van der Waals surface area contributed by atoms with Crippen LogP contribution in [-0.2, 0) is 9.31 Å². The minimum Gasteiger partial charge on any atom is -0.399 e. The fourth-order valence-corrected chi connectivity index (χ4v) is 3.25. The van der Waals surface area contributed by atoms with Crippen LogP contribution >= 0.6 is 0 Å². The summed E-state index contributed by atoms with van der Waals surface area (Å²) in [5.74, 6) is -2.14. The normalized spacial score (nSPS) is 27.3. The summed E-state index contributed by atoms with van der Waals surface area (Å²) in [5.41, 5.74) is 1.59. The first-order valence-corrected chi connectivity index (χ1v) is 8.53. The summed E-state index contributed by atoms with van der Waals surface area (Å²) in [6.07, 6.45) is -0.239. The highest BCUT2D eigenvalue weighted by Gasteiger charge is 2.51. The smallest absolute Gasteiger partial charge is 0.399 e. The summed E-state index contributed by atoms with van der Waals surface area (Å²) in [5, 5.41) is 2.82. The lowest BCUT2D eigenvalue weighted by atomic mass is 9.79. The SMILES string of the molecule is CC1(C)OB(c2ccc3nc(C4CC(F)(F)CN4)[nH]c3c2)OC1(C)C. The molecule has 5 nitrogen and oxygen atoms in total. The average molecular weight is 349 g/mol. The summed E-state index contributed by atoms with van der Waals surface area (Å²) in [7, 11) is -0.463. The van der Waals surface area contributed by atoms with Gasteiger partial charge in [-0.15, -0.1) is 0 Å². The summed E-state index contributed by atoms with van der Waals surface area (Å²) < 4.78 is 39.0. The second-order valence-electron chi connectivity index (χ2n) is 7.98. The van der Waals surface area contributed by atoms with E-state index >= 15 is 0 Å². The predicted molar refractivity (Wildman–Crippen MR) is 92.1 cm³/mol. The Morgan fingerprint density at radius 3 is 2.44 bits per heavy atom. The van der Waals surface area contributed by atoms with E-state index in [4.69, 9.17) is 9.31 Å². The number of nitrogens with zero attached hydrogens (tertiary/aromatic N) is 1.